The van der Waals surface area contributed by atoms with Crippen molar-refractivity contribution in [2.45, 2.75) is 46.1 Å². The summed E-state index contributed by atoms with van der Waals surface area (Å²) in [6, 6.07) is 7.78. The highest BCUT2D eigenvalue weighted by Crippen LogP contribution is 2.24. The van der Waals surface area contributed by atoms with Gasteiger partial charge >= 0.3 is 0 Å². The molecule has 0 aliphatic heterocycles. The highest BCUT2D eigenvalue weighted by atomic mass is 16.5. The summed E-state index contributed by atoms with van der Waals surface area (Å²) in [5, 5.41) is 10.0. The molecule has 1 N–H and O–H groups in total. The Hall–Kier alpha value is -1.02. The van der Waals surface area contributed by atoms with Gasteiger partial charge in [-0.05, 0) is 36.5 Å². The predicted molar refractivity (Wildman–Crippen MR) is 71.3 cm³/mol. The molecule has 0 saturated carbocycles. The van der Waals surface area contributed by atoms with Gasteiger partial charge in [0.05, 0.1) is 12.7 Å². The lowest BCUT2D eigenvalue weighted by molar-refractivity contribution is 0.146. The Balaban J connectivity index is 2.54. The van der Waals surface area contributed by atoms with Crippen LogP contribution < -0.4 is 4.74 Å². The van der Waals surface area contributed by atoms with Crippen LogP contribution in [0.2, 0.25) is 0 Å². The number of rotatable bonds is 7. The Kier molecular flexibility index (Phi) is 6.06. The van der Waals surface area contributed by atoms with Gasteiger partial charge in [0.15, 0.2) is 0 Å². The minimum atomic E-state index is -0.356. The molecule has 1 aromatic carbocycles. The third-order valence-corrected chi connectivity index (χ3v) is 3.06. The molecule has 0 spiro atoms. The lowest BCUT2D eigenvalue weighted by Crippen LogP contribution is -2.04. The summed E-state index contributed by atoms with van der Waals surface area (Å²) < 4.78 is 5.51. The zero-order chi connectivity index (χ0) is 12.7. The summed E-state index contributed by atoms with van der Waals surface area (Å²) in [6.07, 6.45) is 2.59. The molecule has 0 heterocycles. The summed E-state index contributed by atoms with van der Waals surface area (Å²) in [7, 11) is 0. The third-order valence-electron chi connectivity index (χ3n) is 3.06. The van der Waals surface area contributed by atoms with E-state index in [1.807, 2.05) is 24.3 Å². The van der Waals surface area contributed by atoms with Crippen molar-refractivity contribution in [1.29, 1.82) is 0 Å². The lowest BCUT2D eigenvalue weighted by Gasteiger charge is -2.15. The molecule has 1 aromatic rings. The van der Waals surface area contributed by atoms with E-state index in [0.717, 1.165) is 37.2 Å². The molecule has 17 heavy (non-hydrogen) atoms. The van der Waals surface area contributed by atoms with Crippen molar-refractivity contribution in [3.05, 3.63) is 29.8 Å². The number of aliphatic hydroxyl groups excluding tert-OH is 1. The molecular formula is C15H24O2. The molecular weight excluding hydrogens is 212 g/mol. The molecule has 2 nitrogen and oxygen atoms in total. The van der Waals surface area contributed by atoms with Crippen molar-refractivity contribution < 1.29 is 9.84 Å². The fraction of sp³-hybridized carbons (Fsp3) is 0.600. The molecule has 1 rings (SSSR count). The van der Waals surface area contributed by atoms with E-state index < -0.39 is 0 Å². The topological polar surface area (TPSA) is 29.5 Å². The van der Waals surface area contributed by atoms with E-state index in [-0.39, 0.29) is 6.10 Å². The lowest BCUT2D eigenvalue weighted by atomic mass is 9.96. The van der Waals surface area contributed by atoms with Gasteiger partial charge in [-0.25, -0.2) is 0 Å². The molecule has 0 bridgehead atoms. The van der Waals surface area contributed by atoms with Gasteiger partial charge in [0.25, 0.3) is 0 Å². The summed E-state index contributed by atoms with van der Waals surface area (Å²) in [5.41, 5.74) is 0.981. The van der Waals surface area contributed by atoms with Gasteiger partial charge in [-0.1, -0.05) is 39.3 Å². The van der Waals surface area contributed by atoms with E-state index in [4.69, 9.17) is 4.74 Å². The van der Waals surface area contributed by atoms with Crippen LogP contribution in [0.1, 0.15) is 51.7 Å². The minimum Gasteiger partial charge on any atom is -0.494 e. The maximum atomic E-state index is 10.0. The number of benzene rings is 1. The van der Waals surface area contributed by atoms with Crippen LogP contribution in [-0.4, -0.2) is 11.7 Å². The number of hydrogen-bond acceptors (Lipinski definition) is 2. The van der Waals surface area contributed by atoms with Crippen molar-refractivity contribution in [3.8, 4) is 5.75 Å². The molecule has 0 fully saturated rings. The van der Waals surface area contributed by atoms with Crippen molar-refractivity contribution in [1.82, 2.24) is 0 Å². The van der Waals surface area contributed by atoms with Crippen LogP contribution in [0.15, 0.2) is 24.3 Å². The second kappa shape index (κ2) is 7.33. The Morgan fingerprint density at radius 3 is 2.35 bits per heavy atom. The van der Waals surface area contributed by atoms with E-state index in [1.54, 1.807) is 0 Å². The molecule has 0 radical (unpaired) electrons. The third kappa shape index (κ3) is 4.78. The highest BCUT2D eigenvalue weighted by molar-refractivity contribution is 5.28. The summed E-state index contributed by atoms with van der Waals surface area (Å²) in [5.74, 6) is 1.44. The first kappa shape index (κ1) is 14.0. The smallest absolute Gasteiger partial charge is 0.119 e. The first-order valence-electron chi connectivity index (χ1n) is 6.58. The Labute approximate surface area is 105 Å². The monoisotopic (exact) mass is 236 g/mol. The van der Waals surface area contributed by atoms with Crippen molar-refractivity contribution in [3.63, 3.8) is 0 Å². The average Bonchev–Trinajstić information content (AvgIpc) is 2.36. The fourth-order valence-electron chi connectivity index (χ4n) is 1.69. The van der Waals surface area contributed by atoms with Gasteiger partial charge in [-0.2, -0.15) is 0 Å². The molecule has 0 amide bonds. The van der Waals surface area contributed by atoms with Crippen molar-refractivity contribution in [2.75, 3.05) is 6.61 Å². The maximum Gasteiger partial charge on any atom is 0.119 e. The van der Waals surface area contributed by atoms with E-state index in [0.29, 0.717) is 5.92 Å². The van der Waals surface area contributed by atoms with Crippen LogP contribution in [0.3, 0.4) is 0 Å². The summed E-state index contributed by atoms with van der Waals surface area (Å²) >= 11 is 0. The summed E-state index contributed by atoms with van der Waals surface area (Å²) in [6.45, 7) is 7.15. The Morgan fingerprint density at radius 1 is 1.18 bits per heavy atom. The Bertz CT molecular complexity index is 305. The second-order valence-corrected chi connectivity index (χ2v) is 4.68. The van der Waals surface area contributed by atoms with Crippen LogP contribution in [0, 0.1) is 5.92 Å². The van der Waals surface area contributed by atoms with Crippen LogP contribution in [0.5, 0.6) is 5.75 Å². The van der Waals surface area contributed by atoms with E-state index in [1.165, 1.54) is 0 Å². The zero-order valence-electron chi connectivity index (χ0n) is 11.1. The van der Waals surface area contributed by atoms with Gasteiger partial charge in [-0.15, -0.1) is 0 Å². The molecule has 0 aromatic heterocycles. The van der Waals surface area contributed by atoms with Gasteiger partial charge in [0.1, 0.15) is 5.75 Å². The first-order valence-corrected chi connectivity index (χ1v) is 6.58. The zero-order valence-corrected chi connectivity index (χ0v) is 11.1. The van der Waals surface area contributed by atoms with Gasteiger partial charge in [-0.3, -0.25) is 0 Å². The van der Waals surface area contributed by atoms with Crippen LogP contribution in [-0.2, 0) is 0 Å². The second-order valence-electron chi connectivity index (χ2n) is 4.68. The predicted octanol–water partition coefficient (Wildman–Crippen LogP) is 3.95. The standard InChI is InChI=1S/C15H24O2/c1-4-10-17-14-8-6-13(7-9-14)15(16)11-12(3)5-2/h6-9,12,15-16H,4-5,10-11H2,1-3H3. The van der Waals surface area contributed by atoms with E-state index in [9.17, 15) is 5.11 Å². The molecule has 0 saturated heterocycles. The average molecular weight is 236 g/mol. The van der Waals surface area contributed by atoms with Crippen molar-refractivity contribution in [2.24, 2.45) is 5.92 Å². The number of aliphatic hydroxyl groups is 1. The first-order chi connectivity index (χ1) is 8.17. The number of hydrogen-bond donors (Lipinski definition) is 1. The van der Waals surface area contributed by atoms with E-state index >= 15 is 0 Å². The molecule has 2 unspecified atom stereocenters. The Morgan fingerprint density at radius 2 is 1.82 bits per heavy atom. The van der Waals surface area contributed by atoms with Crippen LogP contribution >= 0.6 is 0 Å². The highest BCUT2D eigenvalue weighted by Gasteiger charge is 2.11. The van der Waals surface area contributed by atoms with Crippen LogP contribution in [0.25, 0.3) is 0 Å². The van der Waals surface area contributed by atoms with Gasteiger partial charge in [0, 0.05) is 0 Å². The van der Waals surface area contributed by atoms with Gasteiger partial charge < -0.3 is 9.84 Å². The molecule has 0 aliphatic carbocycles. The van der Waals surface area contributed by atoms with Crippen molar-refractivity contribution >= 4 is 0 Å². The molecule has 0 aliphatic rings. The van der Waals surface area contributed by atoms with E-state index in [2.05, 4.69) is 20.8 Å². The maximum absolute atomic E-state index is 10.0. The fourth-order valence-corrected chi connectivity index (χ4v) is 1.69. The molecule has 2 atom stereocenters. The minimum absolute atomic E-state index is 0.356. The quantitative estimate of drug-likeness (QED) is 0.777. The summed E-state index contributed by atoms with van der Waals surface area (Å²) in [4.78, 5) is 0. The van der Waals surface area contributed by atoms with Gasteiger partial charge in [0.2, 0.25) is 0 Å². The molecule has 96 valence electrons. The number of ether oxygens (including phenoxy) is 1. The normalized spacial score (nSPS) is 14.4. The van der Waals surface area contributed by atoms with Crippen LogP contribution in [0.4, 0.5) is 0 Å². The molecule has 2 heteroatoms. The largest absolute Gasteiger partial charge is 0.494 e. The SMILES string of the molecule is CCCOc1ccc(C(O)CC(C)CC)cc1.